The largest absolute Gasteiger partial charge is 0.336 e. The second kappa shape index (κ2) is 8.31. The highest BCUT2D eigenvalue weighted by Crippen LogP contribution is 2.34. The third-order valence-electron chi connectivity index (χ3n) is 6.18. The first-order valence-corrected chi connectivity index (χ1v) is 12.8. The van der Waals surface area contributed by atoms with Crippen LogP contribution in [0.5, 0.6) is 0 Å². The van der Waals surface area contributed by atoms with Gasteiger partial charge >= 0.3 is 0 Å². The Morgan fingerprint density at radius 1 is 1.09 bits per heavy atom. The fraction of sp³-hybridized carbons (Fsp3) is 0.250. The lowest BCUT2D eigenvalue weighted by atomic mass is 9.97. The van der Waals surface area contributed by atoms with Crippen molar-refractivity contribution >= 4 is 44.1 Å². The van der Waals surface area contributed by atoms with Crippen LogP contribution in [0.3, 0.4) is 0 Å². The average Bonchev–Trinajstić information content (AvgIpc) is 3.38. The molecule has 1 aliphatic carbocycles. The van der Waals surface area contributed by atoms with Crippen molar-refractivity contribution in [2.24, 2.45) is 0 Å². The summed E-state index contributed by atoms with van der Waals surface area (Å²) in [5, 5.41) is 12.3. The van der Waals surface area contributed by atoms with Crippen molar-refractivity contribution < 1.29 is 0 Å². The fourth-order valence-electron chi connectivity index (χ4n) is 4.55. The fourth-order valence-corrected chi connectivity index (χ4v) is 6.58. The first-order chi connectivity index (χ1) is 16.2. The molecule has 6 rings (SSSR count). The van der Waals surface area contributed by atoms with Gasteiger partial charge in [-0.15, -0.1) is 21.5 Å². The molecule has 0 amide bonds. The Hall–Kier alpha value is -3.17. The highest BCUT2D eigenvalue weighted by atomic mass is 32.2. The standard InChI is InChI=1S/C24H22N6OS2/c25-30-20(12-15-8-5-7-14-6-1-2-9-16(14)15)28-29-24(30)32-13-19-26-22(31)21-17-10-3-4-11-18(17)33-23(21)27-19/h1-2,5-9H,3-4,10-13,25H2,(H,26,27,31). The smallest absolute Gasteiger partial charge is 0.259 e. The molecule has 166 valence electrons. The van der Waals surface area contributed by atoms with Crippen LogP contribution in [0.25, 0.3) is 21.0 Å². The van der Waals surface area contributed by atoms with Gasteiger partial charge in [0.05, 0.1) is 11.1 Å². The quantitative estimate of drug-likeness (QED) is 0.292. The van der Waals surface area contributed by atoms with E-state index in [4.69, 9.17) is 10.8 Å². The number of aromatic nitrogens is 5. The number of nitrogens with zero attached hydrogens (tertiary/aromatic N) is 4. The van der Waals surface area contributed by atoms with E-state index in [2.05, 4.69) is 39.4 Å². The number of nitrogens with one attached hydrogen (secondary N) is 1. The number of rotatable bonds is 5. The number of fused-ring (bicyclic) bond motifs is 4. The van der Waals surface area contributed by atoms with Gasteiger partial charge in [-0.2, -0.15) is 0 Å². The first-order valence-electron chi connectivity index (χ1n) is 11.0. The maximum absolute atomic E-state index is 12.8. The molecule has 0 saturated carbocycles. The Balaban J connectivity index is 1.23. The van der Waals surface area contributed by atoms with Crippen LogP contribution in [-0.4, -0.2) is 24.8 Å². The van der Waals surface area contributed by atoms with E-state index in [0.29, 0.717) is 29.0 Å². The molecule has 0 spiro atoms. The van der Waals surface area contributed by atoms with Crippen LogP contribution in [0, 0.1) is 0 Å². The lowest BCUT2D eigenvalue weighted by Crippen LogP contribution is -2.15. The average molecular weight is 475 g/mol. The molecule has 0 unspecified atom stereocenters. The van der Waals surface area contributed by atoms with Crippen molar-refractivity contribution in [2.75, 3.05) is 5.84 Å². The number of thioether (sulfide) groups is 1. The predicted molar refractivity (Wildman–Crippen MR) is 133 cm³/mol. The summed E-state index contributed by atoms with van der Waals surface area (Å²) in [6, 6.07) is 14.5. The van der Waals surface area contributed by atoms with Gasteiger partial charge in [0.25, 0.3) is 5.56 Å². The molecule has 9 heteroatoms. The van der Waals surface area contributed by atoms with Gasteiger partial charge in [-0.1, -0.05) is 54.2 Å². The molecule has 3 N–H and O–H groups in total. The zero-order chi connectivity index (χ0) is 22.4. The Morgan fingerprint density at radius 3 is 2.88 bits per heavy atom. The summed E-state index contributed by atoms with van der Waals surface area (Å²) >= 11 is 3.08. The van der Waals surface area contributed by atoms with Gasteiger partial charge in [-0.25, -0.2) is 9.66 Å². The second-order valence-electron chi connectivity index (χ2n) is 8.28. The SMILES string of the molecule is Nn1c(Cc2cccc3ccccc23)nnc1SCc1nc2sc3c(c2c(=O)[nH]1)CCCC3. The Labute approximate surface area is 198 Å². The monoisotopic (exact) mass is 474 g/mol. The number of nitrogens with two attached hydrogens (primary N) is 1. The van der Waals surface area contributed by atoms with Crippen LogP contribution in [0.2, 0.25) is 0 Å². The molecule has 3 heterocycles. The lowest BCUT2D eigenvalue weighted by molar-refractivity contribution is 0.700. The number of benzene rings is 2. The number of thiophene rings is 1. The molecule has 0 bridgehead atoms. The van der Waals surface area contributed by atoms with Gasteiger partial charge in [0, 0.05) is 11.3 Å². The van der Waals surface area contributed by atoms with Crippen molar-refractivity contribution in [1.29, 1.82) is 0 Å². The van der Waals surface area contributed by atoms with Crippen LogP contribution >= 0.6 is 23.1 Å². The zero-order valence-corrected chi connectivity index (χ0v) is 19.5. The molecule has 0 aliphatic heterocycles. The van der Waals surface area contributed by atoms with E-state index in [1.165, 1.54) is 44.1 Å². The predicted octanol–water partition coefficient (Wildman–Crippen LogP) is 4.21. The second-order valence-corrected chi connectivity index (χ2v) is 10.3. The van der Waals surface area contributed by atoms with E-state index in [-0.39, 0.29) is 5.56 Å². The molecule has 7 nitrogen and oxygen atoms in total. The van der Waals surface area contributed by atoms with Gasteiger partial charge in [0.1, 0.15) is 10.7 Å². The molecule has 0 radical (unpaired) electrons. The number of nitrogen functional groups attached to an aromatic ring is 1. The molecule has 0 fully saturated rings. The normalized spacial score (nSPS) is 13.6. The van der Waals surface area contributed by atoms with Crippen LogP contribution < -0.4 is 11.4 Å². The van der Waals surface area contributed by atoms with Crippen molar-refractivity contribution in [3.63, 3.8) is 0 Å². The van der Waals surface area contributed by atoms with E-state index < -0.39 is 0 Å². The Bertz CT molecular complexity index is 1540. The number of H-pyrrole nitrogens is 1. The summed E-state index contributed by atoms with van der Waals surface area (Å²) in [4.78, 5) is 22.6. The minimum absolute atomic E-state index is 0.0409. The number of hydrogen-bond acceptors (Lipinski definition) is 7. The van der Waals surface area contributed by atoms with Crippen LogP contribution in [0.15, 0.2) is 52.4 Å². The molecule has 1 aliphatic rings. The molecular formula is C24H22N6OS2. The third kappa shape index (κ3) is 3.71. The molecular weight excluding hydrogens is 452 g/mol. The summed E-state index contributed by atoms with van der Waals surface area (Å²) in [5.74, 6) is 8.12. The summed E-state index contributed by atoms with van der Waals surface area (Å²) in [6.45, 7) is 0. The molecule has 0 atom stereocenters. The first kappa shape index (κ1) is 20.4. The molecule has 33 heavy (non-hydrogen) atoms. The van der Waals surface area contributed by atoms with Crippen LogP contribution in [0.1, 0.15) is 40.5 Å². The summed E-state index contributed by atoms with van der Waals surface area (Å²) < 4.78 is 1.53. The Kier molecular flexibility index (Phi) is 5.15. The van der Waals surface area contributed by atoms with E-state index in [9.17, 15) is 4.79 Å². The van der Waals surface area contributed by atoms with E-state index in [1.807, 2.05) is 18.2 Å². The van der Waals surface area contributed by atoms with Crippen molar-refractivity contribution in [3.05, 3.63) is 80.5 Å². The number of aryl methyl sites for hydroxylation is 2. The minimum atomic E-state index is -0.0409. The Morgan fingerprint density at radius 2 is 1.94 bits per heavy atom. The highest BCUT2D eigenvalue weighted by Gasteiger charge is 2.20. The van der Waals surface area contributed by atoms with Crippen molar-refractivity contribution in [2.45, 2.75) is 43.0 Å². The summed E-state index contributed by atoms with van der Waals surface area (Å²) in [5.41, 5.74) is 2.32. The highest BCUT2D eigenvalue weighted by molar-refractivity contribution is 7.98. The molecule has 5 aromatic rings. The zero-order valence-electron chi connectivity index (χ0n) is 17.9. The molecule has 2 aromatic carbocycles. The van der Waals surface area contributed by atoms with E-state index >= 15 is 0 Å². The topological polar surface area (TPSA) is 102 Å². The third-order valence-corrected chi connectivity index (χ3v) is 8.32. The van der Waals surface area contributed by atoms with Gasteiger partial charge in [-0.05, 0) is 47.6 Å². The van der Waals surface area contributed by atoms with Gasteiger partial charge in [0.2, 0.25) is 5.16 Å². The van der Waals surface area contributed by atoms with E-state index in [0.717, 1.165) is 35.0 Å². The van der Waals surface area contributed by atoms with E-state index in [1.54, 1.807) is 11.3 Å². The van der Waals surface area contributed by atoms with Gasteiger partial charge in [0.15, 0.2) is 5.82 Å². The van der Waals surface area contributed by atoms with Gasteiger partial charge < -0.3 is 10.8 Å². The summed E-state index contributed by atoms with van der Waals surface area (Å²) in [7, 11) is 0. The maximum Gasteiger partial charge on any atom is 0.259 e. The molecule has 0 saturated heterocycles. The van der Waals surface area contributed by atoms with Crippen molar-refractivity contribution in [3.8, 4) is 0 Å². The van der Waals surface area contributed by atoms with Crippen LogP contribution in [0.4, 0.5) is 0 Å². The molecule has 3 aromatic heterocycles. The minimum Gasteiger partial charge on any atom is -0.336 e. The number of aromatic amines is 1. The lowest BCUT2D eigenvalue weighted by Gasteiger charge is -2.09. The summed E-state index contributed by atoms with van der Waals surface area (Å²) in [6.07, 6.45) is 4.95. The van der Waals surface area contributed by atoms with Gasteiger partial charge in [-0.3, -0.25) is 4.79 Å². The van der Waals surface area contributed by atoms with Crippen LogP contribution in [-0.2, 0) is 25.0 Å². The number of hydrogen-bond donors (Lipinski definition) is 2. The maximum atomic E-state index is 12.8. The van der Waals surface area contributed by atoms with Crippen molar-refractivity contribution in [1.82, 2.24) is 24.8 Å².